The van der Waals surface area contributed by atoms with Crippen molar-refractivity contribution in [2.75, 3.05) is 0 Å². The van der Waals surface area contributed by atoms with Gasteiger partial charge in [0, 0.05) is 29.9 Å². The predicted octanol–water partition coefficient (Wildman–Crippen LogP) is 0.191. The van der Waals surface area contributed by atoms with E-state index in [0.29, 0.717) is 6.42 Å². The monoisotopic (exact) mass is 257 g/mol. The Bertz CT molecular complexity index is 674. The average molecular weight is 257 g/mol. The zero-order valence-electron chi connectivity index (χ0n) is 10.5. The van der Waals surface area contributed by atoms with Crippen LogP contribution in [0.25, 0.3) is 10.9 Å². The van der Waals surface area contributed by atoms with Crippen molar-refractivity contribution in [2.45, 2.75) is 25.9 Å². The molecule has 0 saturated carbocycles. The number of carbonyl (C=O) groups is 2. The van der Waals surface area contributed by atoms with Gasteiger partial charge in [0.2, 0.25) is 5.91 Å². The second-order valence-corrected chi connectivity index (χ2v) is 4.81. The Labute approximate surface area is 109 Å². The minimum atomic E-state index is -1.20. The van der Waals surface area contributed by atoms with Crippen LogP contribution in [0.3, 0.4) is 0 Å². The zero-order valence-corrected chi connectivity index (χ0v) is 10.5. The number of H-pyrrole nitrogens is 1. The van der Waals surface area contributed by atoms with Crippen molar-refractivity contribution in [1.29, 1.82) is 0 Å². The van der Waals surface area contributed by atoms with Gasteiger partial charge in [-0.2, -0.15) is 0 Å². The summed E-state index contributed by atoms with van der Waals surface area (Å²) in [4.78, 5) is 27.4. The number of carboxylic acid groups (broad SMARTS) is 1. The highest BCUT2D eigenvalue weighted by Crippen LogP contribution is 2.30. The molecule has 1 atom stereocenters. The molecular formula is C14H13N2O3-. The maximum Gasteiger partial charge on any atom is 0.220 e. The van der Waals surface area contributed by atoms with Gasteiger partial charge in [-0.1, -0.05) is 18.2 Å². The lowest BCUT2D eigenvalue weighted by Gasteiger charge is -2.35. The SMILES string of the molecule is CC(=O)N1Cc2[nH]c3ccccc3c2C[C@H]1C(=O)[O-]. The maximum absolute atomic E-state index is 11.6. The van der Waals surface area contributed by atoms with E-state index in [0.717, 1.165) is 22.2 Å². The molecule has 3 rings (SSSR count). The summed E-state index contributed by atoms with van der Waals surface area (Å²) in [5, 5.41) is 12.2. The molecule has 1 N–H and O–H groups in total. The van der Waals surface area contributed by atoms with Crippen LogP contribution in [0.1, 0.15) is 18.2 Å². The summed E-state index contributed by atoms with van der Waals surface area (Å²) in [6.07, 6.45) is 0.293. The number of para-hydroxylation sites is 1. The first-order chi connectivity index (χ1) is 9.08. The highest BCUT2D eigenvalue weighted by atomic mass is 16.4. The molecule has 0 unspecified atom stereocenters. The number of aliphatic carboxylic acids is 1. The van der Waals surface area contributed by atoms with Crippen LogP contribution in [0.5, 0.6) is 0 Å². The fourth-order valence-corrected chi connectivity index (χ4v) is 2.75. The summed E-state index contributed by atoms with van der Waals surface area (Å²) >= 11 is 0. The molecule has 0 spiro atoms. The van der Waals surface area contributed by atoms with E-state index in [4.69, 9.17) is 0 Å². The van der Waals surface area contributed by atoms with E-state index in [9.17, 15) is 14.7 Å². The fourth-order valence-electron chi connectivity index (χ4n) is 2.75. The molecule has 0 aliphatic carbocycles. The van der Waals surface area contributed by atoms with Crippen LogP contribution in [0.4, 0.5) is 0 Å². The van der Waals surface area contributed by atoms with Crippen molar-refractivity contribution in [3.63, 3.8) is 0 Å². The van der Waals surface area contributed by atoms with Gasteiger partial charge < -0.3 is 19.8 Å². The van der Waals surface area contributed by atoms with E-state index < -0.39 is 12.0 Å². The smallest absolute Gasteiger partial charge is 0.220 e. The van der Waals surface area contributed by atoms with Crippen molar-refractivity contribution < 1.29 is 14.7 Å². The van der Waals surface area contributed by atoms with Gasteiger partial charge in [-0.3, -0.25) is 4.79 Å². The molecule has 0 bridgehead atoms. The molecule has 5 heteroatoms. The van der Waals surface area contributed by atoms with Crippen molar-refractivity contribution in [2.24, 2.45) is 0 Å². The van der Waals surface area contributed by atoms with Crippen LogP contribution >= 0.6 is 0 Å². The van der Waals surface area contributed by atoms with Gasteiger partial charge >= 0.3 is 0 Å². The molecule has 19 heavy (non-hydrogen) atoms. The minimum absolute atomic E-state index is 0.251. The Morgan fingerprint density at radius 2 is 2.11 bits per heavy atom. The Balaban J connectivity index is 2.12. The number of nitrogens with one attached hydrogen (secondary N) is 1. The van der Waals surface area contributed by atoms with Crippen LogP contribution in [0.15, 0.2) is 24.3 Å². The molecule has 2 heterocycles. The molecule has 1 aliphatic rings. The highest BCUT2D eigenvalue weighted by molar-refractivity contribution is 5.88. The summed E-state index contributed by atoms with van der Waals surface area (Å²) in [6.45, 7) is 1.67. The van der Waals surface area contributed by atoms with Crippen molar-refractivity contribution in [3.8, 4) is 0 Å². The molecule has 98 valence electrons. The average Bonchev–Trinajstić information content (AvgIpc) is 2.74. The Morgan fingerprint density at radius 1 is 1.37 bits per heavy atom. The molecule has 5 nitrogen and oxygen atoms in total. The summed E-state index contributed by atoms with van der Waals surface area (Å²) < 4.78 is 0. The number of rotatable bonds is 1. The molecule has 0 fully saturated rings. The second-order valence-electron chi connectivity index (χ2n) is 4.81. The Kier molecular flexibility index (Phi) is 2.55. The van der Waals surface area contributed by atoms with Crippen molar-refractivity contribution in [3.05, 3.63) is 35.5 Å². The largest absolute Gasteiger partial charge is 0.548 e. The second kappa shape index (κ2) is 4.12. The third-order valence-corrected chi connectivity index (χ3v) is 3.68. The number of fused-ring (bicyclic) bond motifs is 3. The lowest BCUT2D eigenvalue weighted by molar-refractivity contribution is -0.311. The summed E-state index contributed by atoms with van der Waals surface area (Å²) in [5.41, 5.74) is 2.85. The van der Waals surface area contributed by atoms with Crippen LogP contribution in [-0.2, 0) is 22.6 Å². The van der Waals surface area contributed by atoms with Crippen molar-refractivity contribution in [1.82, 2.24) is 9.88 Å². The normalized spacial score (nSPS) is 18.4. The number of hydrogen-bond acceptors (Lipinski definition) is 3. The van der Waals surface area contributed by atoms with Crippen LogP contribution in [-0.4, -0.2) is 27.8 Å². The molecule has 0 radical (unpaired) electrons. The van der Waals surface area contributed by atoms with Gasteiger partial charge in [-0.25, -0.2) is 0 Å². The molecule has 1 aromatic carbocycles. The van der Waals surface area contributed by atoms with E-state index in [1.807, 2.05) is 24.3 Å². The third-order valence-electron chi connectivity index (χ3n) is 3.68. The fraction of sp³-hybridized carbons (Fsp3) is 0.286. The van der Waals surface area contributed by atoms with E-state index in [1.165, 1.54) is 11.8 Å². The molecule has 0 saturated heterocycles. The van der Waals surface area contributed by atoms with E-state index in [-0.39, 0.29) is 12.5 Å². The van der Waals surface area contributed by atoms with Crippen LogP contribution in [0, 0.1) is 0 Å². The van der Waals surface area contributed by atoms with Gasteiger partial charge in [-0.15, -0.1) is 0 Å². The quantitative estimate of drug-likeness (QED) is 0.792. The van der Waals surface area contributed by atoms with E-state index >= 15 is 0 Å². The number of aromatic amines is 1. The van der Waals surface area contributed by atoms with E-state index in [1.54, 1.807) is 0 Å². The highest BCUT2D eigenvalue weighted by Gasteiger charge is 2.30. The lowest BCUT2D eigenvalue weighted by atomic mass is 9.96. The van der Waals surface area contributed by atoms with Crippen molar-refractivity contribution >= 4 is 22.8 Å². The number of carbonyl (C=O) groups excluding carboxylic acids is 2. The van der Waals surface area contributed by atoms with Gasteiger partial charge in [0.15, 0.2) is 0 Å². The van der Waals surface area contributed by atoms with Crippen LogP contribution in [0.2, 0.25) is 0 Å². The summed E-state index contributed by atoms with van der Waals surface area (Å²) in [6, 6.07) is 6.86. The number of hydrogen-bond donors (Lipinski definition) is 1. The Hall–Kier alpha value is -2.30. The minimum Gasteiger partial charge on any atom is -0.548 e. The molecule has 1 amide bonds. The number of carboxylic acids is 1. The molecule has 1 aromatic heterocycles. The van der Waals surface area contributed by atoms with Gasteiger partial charge in [0.05, 0.1) is 18.6 Å². The summed E-state index contributed by atoms with van der Waals surface area (Å²) in [5.74, 6) is -1.45. The van der Waals surface area contributed by atoms with E-state index in [2.05, 4.69) is 4.98 Å². The van der Waals surface area contributed by atoms with Gasteiger partial charge in [0.25, 0.3) is 0 Å². The number of aromatic nitrogens is 1. The predicted molar refractivity (Wildman–Crippen MR) is 67.0 cm³/mol. The molecule has 2 aromatic rings. The molecule has 1 aliphatic heterocycles. The first-order valence-electron chi connectivity index (χ1n) is 6.14. The van der Waals surface area contributed by atoms with Gasteiger partial charge in [-0.05, 0) is 11.6 Å². The first-order valence-corrected chi connectivity index (χ1v) is 6.14. The molecular weight excluding hydrogens is 244 g/mol. The maximum atomic E-state index is 11.6. The zero-order chi connectivity index (χ0) is 13.6. The Morgan fingerprint density at radius 3 is 2.79 bits per heavy atom. The number of benzene rings is 1. The summed E-state index contributed by atoms with van der Waals surface area (Å²) in [7, 11) is 0. The number of amides is 1. The standard InChI is InChI=1S/C14H14N2O3/c1-8(17)16-7-12-10(6-13(16)14(18)19)9-4-2-3-5-11(9)15-12/h2-5,13,15H,6-7H2,1H3,(H,18,19)/p-1/t13-/m0/s1. The third kappa shape index (κ3) is 1.78. The van der Waals surface area contributed by atoms with Crippen LogP contribution < -0.4 is 5.11 Å². The lowest BCUT2D eigenvalue weighted by Crippen LogP contribution is -2.52. The number of nitrogens with zero attached hydrogens (tertiary/aromatic N) is 1. The van der Waals surface area contributed by atoms with Gasteiger partial charge in [0.1, 0.15) is 0 Å². The first kappa shape index (κ1) is 11.8. The topological polar surface area (TPSA) is 76.2 Å².